The van der Waals surface area contributed by atoms with Crippen molar-refractivity contribution in [1.29, 1.82) is 0 Å². The zero-order valence-corrected chi connectivity index (χ0v) is 30.3. The van der Waals surface area contributed by atoms with Crippen LogP contribution in [-0.4, -0.2) is 4.98 Å². The summed E-state index contributed by atoms with van der Waals surface area (Å²) in [5, 5.41) is 7.97. The fourth-order valence-electron chi connectivity index (χ4n) is 5.81. The fourth-order valence-corrected chi connectivity index (χ4v) is 5.81. The van der Waals surface area contributed by atoms with E-state index in [4.69, 9.17) is 10.3 Å². The molecule has 0 N–H and O–H groups in total. The van der Waals surface area contributed by atoms with Crippen LogP contribution < -0.4 is 0 Å². The van der Waals surface area contributed by atoms with Crippen LogP contribution >= 0.6 is 0 Å². The minimum Gasteiger partial charge on any atom is -0.673 e. The third kappa shape index (κ3) is 7.11. The number of nitrogens with zero attached hydrogens (tertiary/aromatic N) is 2. The van der Waals surface area contributed by atoms with Crippen molar-refractivity contribution in [1.82, 2.24) is 4.98 Å². The van der Waals surface area contributed by atoms with Crippen molar-refractivity contribution < 1.29 is 25.8 Å². The van der Waals surface area contributed by atoms with Crippen LogP contribution in [0.2, 0.25) is 0 Å². The van der Waals surface area contributed by atoms with E-state index in [1.54, 1.807) is 0 Å². The molecular formula is C39H44HfN2-4. The van der Waals surface area contributed by atoms with Crippen molar-refractivity contribution in [3.8, 4) is 11.3 Å². The second kappa shape index (κ2) is 14.9. The predicted octanol–water partition coefficient (Wildman–Crippen LogP) is 11.6. The molecule has 0 aliphatic rings. The maximum atomic E-state index is 5.62. The number of pyridine rings is 1. The largest absolute Gasteiger partial charge is 0.673 e. The standard InChI is InChI=1S/C37H38N2.2CH3.Hf/c1-23(2)29-16-11-17-30(24(3)4)36(29)39-37(35-26(6)21-25(5)22-27(35)7)34-20-12-19-33(38-34)32-18-10-14-28-13-8-9-15-31(28)32;;;/h8-17,19-24,37H,1-7H3;2*1H3;/q-2;2*-1;. The van der Waals surface area contributed by atoms with Crippen LogP contribution in [0.5, 0.6) is 0 Å². The molecule has 0 fully saturated rings. The Morgan fingerprint density at radius 1 is 0.714 bits per heavy atom. The van der Waals surface area contributed by atoms with E-state index in [0.717, 1.165) is 28.0 Å². The van der Waals surface area contributed by atoms with Crippen LogP contribution in [0.15, 0.2) is 84.9 Å². The van der Waals surface area contributed by atoms with E-state index in [0.29, 0.717) is 11.8 Å². The molecular weight excluding hydrogens is 675 g/mol. The molecule has 0 aliphatic heterocycles. The Bertz CT molecular complexity index is 1580. The summed E-state index contributed by atoms with van der Waals surface area (Å²) in [6, 6.07) is 33.3. The Balaban J connectivity index is 0.00000205. The van der Waals surface area contributed by atoms with Gasteiger partial charge in [-0.1, -0.05) is 122 Å². The maximum Gasteiger partial charge on any atom is 0.0196 e. The first-order valence-corrected chi connectivity index (χ1v) is 14.0. The number of aromatic nitrogens is 1. The first-order chi connectivity index (χ1) is 18.7. The van der Waals surface area contributed by atoms with Gasteiger partial charge >= 0.3 is 0 Å². The van der Waals surface area contributed by atoms with E-state index in [2.05, 4.69) is 133 Å². The summed E-state index contributed by atoms with van der Waals surface area (Å²) in [6.07, 6.45) is 0. The average Bonchev–Trinajstić information content (AvgIpc) is 2.91. The Morgan fingerprint density at radius 2 is 1.31 bits per heavy atom. The summed E-state index contributed by atoms with van der Waals surface area (Å²) >= 11 is 0. The quantitative estimate of drug-likeness (QED) is 0.122. The zero-order valence-electron chi connectivity index (χ0n) is 26.7. The van der Waals surface area contributed by atoms with Gasteiger partial charge in [-0.3, -0.25) is 0 Å². The fraction of sp³-hybridized carbons (Fsp3) is 0.256. The van der Waals surface area contributed by atoms with Crippen molar-refractivity contribution in [3.05, 3.63) is 150 Å². The molecule has 0 aliphatic carbocycles. The van der Waals surface area contributed by atoms with E-state index in [9.17, 15) is 0 Å². The number of fused-ring (bicyclic) bond motifs is 1. The topological polar surface area (TPSA) is 27.0 Å². The van der Waals surface area contributed by atoms with Gasteiger partial charge in [0.25, 0.3) is 0 Å². The molecule has 0 saturated heterocycles. The second-order valence-electron chi connectivity index (χ2n) is 11.3. The molecule has 218 valence electrons. The average molecular weight is 719 g/mol. The summed E-state index contributed by atoms with van der Waals surface area (Å²) in [6.45, 7) is 15.6. The molecule has 2 nitrogen and oxygen atoms in total. The monoisotopic (exact) mass is 720 g/mol. The first kappa shape index (κ1) is 35.2. The van der Waals surface area contributed by atoms with Crippen molar-refractivity contribution in [2.24, 2.45) is 0 Å². The molecule has 0 bridgehead atoms. The van der Waals surface area contributed by atoms with E-state index >= 15 is 0 Å². The van der Waals surface area contributed by atoms with Crippen molar-refractivity contribution in [3.63, 3.8) is 0 Å². The normalized spacial score (nSPS) is 11.5. The van der Waals surface area contributed by atoms with Crippen LogP contribution in [0.3, 0.4) is 0 Å². The predicted molar refractivity (Wildman–Crippen MR) is 179 cm³/mol. The second-order valence-corrected chi connectivity index (χ2v) is 11.3. The van der Waals surface area contributed by atoms with Gasteiger partial charge in [0.2, 0.25) is 0 Å². The molecule has 0 saturated carbocycles. The van der Waals surface area contributed by atoms with Crippen LogP contribution in [0.25, 0.3) is 27.3 Å². The third-order valence-electron chi connectivity index (χ3n) is 7.64. The molecule has 42 heavy (non-hydrogen) atoms. The summed E-state index contributed by atoms with van der Waals surface area (Å²) in [7, 11) is 0. The van der Waals surface area contributed by atoms with Crippen LogP contribution in [0.4, 0.5) is 5.69 Å². The van der Waals surface area contributed by atoms with Gasteiger partial charge in [0.15, 0.2) is 0 Å². The first-order valence-electron chi connectivity index (χ1n) is 14.0. The third-order valence-corrected chi connectivity index (χ3v) is 7.64. The molecule has 4 aromatic carbocycles. The zero-order chi connectivity index (χ0) is 27.7. The number of hydrogen-bond acceptors (Lipinski definition) is 1. The number of benzene rings is 4. The summed E-state index contributed by atoms with van der Waals surface area (Å²) in [4.78, 5) is 5.29. The molecule has 1 unspecified atom stereocenters. The molecule has 5 rings (SSSR count). The van der Waals surface area contributed by atoms with Gasteiger partial charge in [0.1, 0.15) is 0 Å². The number of hydrogen-bond donors (Lipinski definition) is 0. The molecule has 1 atom stereocenters. The van der Waals surface area contributed by atoms with Crippen molar-refractivity contribution in [2.45, 2.75) is 66.3 Å². The van der Waals surface area contributed by atoms with Gasteiger partial charge in [-0.15, -0.1) is 34.8 Å². The maximum absolute atomic E-state index is 5.62. The van der Waals surface area contributed by atoms with E-state index < -0.39 is 0 Å². The molecule has 3 heteroatoms. The van der Waals surface area contributed by atoms with Crippen molar-refractivity contribution in [2.75, 3.05) is 0 Å². The summed E-state index contributed by atoms with van der Waals surface area (Å²) < 4.78 is 0. The molecule has 1 heterocycles. The smallest absolute Gasteiger partial charge is 0.0196 e. The molecule has 5 aromatic rings. The Morgan fingerprint density at radius 3 is 1.93 bits per heavy atom. The van der Waals surface area contributed by atoms with Gasteiger partial charge in [-0.2, -0.15) is 0 Å². The van der Waals surface area contributed by atoms with Crippen LogP contribution in [-0.2, 0) is 25.8 Å². The van der Waals surface area contributed by atoms with Gasteiger partial charge in [-0.05, 0) is 61.5 Å². The number of para-hydroxylation sites is 1. The van der Waals surface area contributed by atoms with Crippen LogP contribution in [0, 0.1) is 41.7 Å². The minimum absolute atomic E-state index is 0. The summed E-state index contributed by atoms with van der Waals surface area (Å²) in [5.74, 6) is 0.737. The van der Waals surface area contributed by atoms with E-state index in [1.807, 2.05) is 6.07 Å². The summed E-state index contributed by atoms with van der Waals surface area (Å²) in [5.41, 5.74) is 11.6. The van der Waals surface area contributed by atoms with Gasteiger partial charge < -0.3 is 25.2 Å². The van der Waals surface area contributed by atoms with Crippen LogP contribution in [0.1, 0.15) is 84.6 Å². The van der Waals surface area contributed by atoms with Gasteiger partial charge in [0.05, 0.1) is 0 Å². The number of rotatable bonds is 7. The van der Waals surface area contributed by atoms with E-state index in [-0.39, 0.29) is 46.7 Å². The molecule has 0 amide bonds. The van der Waals surface area contributed by atoms with Gasteiger partial charge in [0, 0.05) is 31.5 Å². The Labute approximate surface area is 273 Å². The minimum atomic E-state index is -0.224. The van der Waals surface area contributed by atoms with Crippen molar-refractivity contribution >= 4 is 16.5 Å². The molecule has 0 spiro atoms. The van der Waals surface area contributed by atoms with E-state index in [1.165, 1.54) is 38.8 Å². The van der Waals surface area contributed by atoms with Gasteiger partial charge in [-0.25, -0.2) is 0 Å². The Hall–Kier alpha value is -3.04. The Kier molecular flexibility index (Phi) is 12.5. The SMILES string of the molecule is Cc1cc(C)c(C([N-]c2c(C(C)C)cccc2C(C)C)c2cccc(-c3[c-]ccc4ccccc34)n2)c(C)c1.[CH3-].[CH3-].[Hf]. The number of aryl methyl sites for hydroxylation is 3. The molecule has 0 radical (unpaired) electrons. The molecule has 1 aromatic heterocycles.